The summed E-state index contributed by atoms with van der Waals surface area (Å²) in [5.74, 6) is 3.28. The van der Waals surface area contributed by atoms with E-state index >= 15 is 0 Å². The third kappa shape index (κ3) is 6.13. The lowest BCUT2D eigenvalue weighted by Crippen LogP contribution is -2.21. The van der Waals surface area contributed by atoms with Gasteiger partial charge in [-0.25, -0.2) is 0 Å². The fourth-order valence-corrected chi connectivity index (χ4v) is 2.92. The van der Waals surface area contributed by atoms with Gasteiger partial charge in [0.2, 0.25) is 0 Å². The van der Waals surface area contributed by atoms with Crippen LogP contribution >= 0.6 is 11.8 Å². The van der Waals surface area contributed by atoms with Crippen LogP contribution in [0.25, 0.3) is 0 Å². The Morgan fingerprint density at radius 3 is 2.82 bits per heavy atom. The van der Waals surface area contributed by atoms with Gasteiger partial charge in [0.05, 0.1) is 0 Å². The van der Waals surface area contributed by atoms with Crippen LogP contribution < -0.4 is 5.32 Å². The summed E-state index contributed by atoms with van der Waals surface area (Å²) in [7, 11) is 2.05. The first-order valence-electron chi connectivity index (χ1n) is 6.54. The van der Waals surface area contributed by atoms with Gasteiger partial charge in [-0.05, 0) is 56.3 Å². The molecule has 0 bridgehead atoms. The van der Waals surface area contributed by atoms with Gasteiger partial charge in [0.1, 0.15) is 0 Å². The summed E-state index contributed by atoms with van der Waals surface area (Å²) in [4.78, 5) is 0. The lowest BCUT2D eigenvalue weighted by Gasteiger charge is -2.16. The van der Waals surface area contributed by atoms with Crippen LogP contribution in [0.3, 0.4) is 0 Å². The van der Waals surface area contributed by atoms with Gasteiger partial charge in [-0.2, -0.15) is 11.8 Å². The normalized spacial score (nSPS) is 12.6. The number of hydrogen-bond acceptors (Lipinski definition) is 2. The molecule has 96 valence electrons. The third-order valence-corrected chi connectivity index (χ3v) is 3.91. The standard InChI is InChI=1S/C15H25NS/c1-4-17-9-8-15(12-16-3)11-14-7-5-6-13(2)10-14/h5-7,10,15-16H,4,8-9,11-12H2,1-3H3. The van der Waals surface area contributed by atoms with Crippen molar-refractivity contribution in [1.82, 2.24) is 5.32 Å². The predicted molar refractivity (Wildman–Crippen MR) is 79.9 cm³/mol. The van der Waals surface area contributed by atoms with Crippen LogP contribution in [0.15, 0.2) is 24.3 Å². The van der Waals surface area contributed by atoms with E-state index < -0.39 is 0 Å². The maximum absolute atomic E-state index is 3.32. The summed E-state index contributed by atoms with van der Waals surface area (Å²) in [6.45, 7) is 5.53. The molecule has 0 aromatic heterocycles. The molecule has 1 aromatic carbocycles. The van der Waals surface area contributed by atoms with Gasteiger partial charge < -0.3 is 5.32 Å². The first-order chi connectivity index (χ1) is 8.26. The Balaban J connectivity index is 2.47. The highest BCUT2D eigenvalue weighted by atomic mass is 32.2. The summed E-state index contributed by atoms with van der Waals surface area (Å²) >= 11 is 2.05. The van der Waals surface area contributed by atoms with Crippen LogP contribution in [0, 0.1) is 12.8 Å². The molecule has 0 spiro atoms. The second-order valence-corrected chi connectivity index (χ2v) is 6.00. The van der Waals surface area contributed by atoms with E-state index in [1.54, 1.807) is 0 Å². The van der Waals surface area contributed by atoms with E-state index in [0.717, 1.165) is 12.5 Å². The zero-order valence-electron chi connectivity index (χ0n) is 11.3. The Labute approximate surface area is 110 Å². The molecule has 1 N–H and O–H groups in total. The molecule has 0 saturated heterocycles. The van der Waals surface area contributed by atoms with Crippen LogP contribution in [0.5, 0.6) is 0 Å². The van der Waals surface area contributed by atoms with Crippen molar-refractivity contribution in [2.75, 3.05) is 25.1 Å². The molecular formula is C15H25NS. The van der Waals surface area contributed by atoms with E-state index in [1.165, 1.54) is 35.5 Å². The minimum atomic E-state index is 0.765. The predicted octanol–water partition coefficient (Wildman–Crippen LogP) is 3.52. The highest BCUT2D eigenvalue weighted by molar-refractivity contribution is 7.99. The van der Waals surface area contributed by atoms with Gasteiger partial charge in [0.15, 0.2) is 0 Å². The molecule has 1 atom stereocenters. The summed E-state index contributed by atoms with van der Waals surface area (Å²) < 4.78 is 0. The van der Waals surface area contributed by atoms with Crippen LogP contribution in [0.1, 0.15) is 24.5 Å². The Kier molecular flexibility index (Phi) is 7.38. The molecule has 1 aromatic rings. The molecule has 0 aliphatic carbocycles. The highest BCUT2D eigenvalue weighted by Gasteiger charge is 2.08. The number of rotatable bonds is 8. The molecule has 0 amide bonds. The maximum atomic E-state index is 3.32. The first-order valence-corrected chi connectivity index (χ1v) is 7.69. The SMILES string of the molecule is CCSCCC(CNC)Cc1cccc(C)c1. The van der Waals surface area contributed by atoms with Crippen LogP contribution in [0.4, 0.5) is 0 Å². The Hall–Kier alpha value is -0.470. The molecule has 0 radical (unpaired) electrons. The quantitative estimate of drug-likeness (QED) is 0.710. The zero-order valence-corrected chi connectivity index (χ0v) is 12.1. The fourth-order valence-electron chi connectivity index (χ4n) is 2.13. The van der Waals surface area contributed by atoms with Gasteiger partial charge in [0.25, 0.3) is 0 Å². The Morgan fingerprint density at radius 2 is 2.18 bits per heavy atom. The average molecular weight is 251 g/mol. The van der Waals surface area contributed by atoms with Gasteiger partial charge >= 0.3 is 0 Å². The Morgan fingerprint density at radius 1 is 1.35 bits per heavy atom. The molecule has 1 unspecified atom stereocenters. The topological polar surface area (TPSA) is 12.0 Å². The van der Waals surface area contributed by atoms with Crippen LogP contribution in [-0.2, 0) is 6.42 Å². The van der Waals surface area contributed by atoms with Crippen molar-refractivity contribution < 1.29 is 0 Å². The average Bonchev–Trinajstić information content (AvgIpc) is 2.29. The molecule has 0 aliphatic rings. The number of thioether (sulfide) groups is 1. The number of aryl methyl sites for hydroxylation is 1. The van der Waals surface area contributed by atoms with E-state index in [0.29, 0.717) is 0 Å². The molecule has 0 saturated carbocycles. The lowest BCUT2D eigenvalue weighted by molar-refractivity contribution is 0.484. The second kappa shape index (κ2) is 8.60. The molecule has 1 nitrogen and oxygen atoms in total. The minimum Gasteiger partial charge on any atom is -0.319 e. The summed E-state index contributed by atoms with van der Waals surface area (Å²) in [5, 5.41) is 3.32. The van der Waals surface area contributed by atoms with Crippen LogP contribution in [-0.4, -0.2) is 25.1 Å². The van der Waals surface area contributed by atoms with E-state index in [1.807, 2.05) is 11.8 Å². The summed E-state index contributed by atoms with van der Waals surface area (Å²) in [6.07, 6.45) is 2.51. The molecular weight excluding hydrogens is 226 g/mol. The van der Waals surface area contributed by atoms with Crippen molar-refractivity contribution in [2.45, 2.75) is 26.7 Å². The highest BCUT2D eigenvalue weighted by Crippen LogP contribution is 2.16. The maximum Gasteiger partial charge on any atom is -0.00200 e. The second-order valence-electron chi connectivity index (χ2n) is 4.60. The van der Waals surface area contributed by atoms with Gasteiger partial charge in [-0.15, -0.1) is 0 Å². The van der Waals surface area contributed by atoms with E-state index in [4.69, 9.17) is 0 Å². The minimum absolute atomic E-state index is 0.765. The largest absolute Gasteiger partial charge is 0.319 e. The van der Waals surface area contributed by atoms with Crippen LogP contribution in [0.2, 0.25) is 0 Å². The number of benzene rings is 1. The van der Waals surface area contributed by atoms with E-state index in [-0.39, 0.29) is 0 Å². The summed E-state index contributed by atoms with van der Waals surface area (Å²) in [5.41, 5.74) is 2.85. The molecule has 0 aliphatic heterocycles. The van der Waals surface area contributed by atoms with Crippen molar-refractivity contribution >= 4 is 11.8 Å². The molecule has 1 rings (SSSR count). The van der Waals surface area contributed by atoms with E-state index in [2.05, 4.69) is 50.5 Å². The van der Waals surface area contributed by atoms with Gasteiger partial charge in [-0.3, -0.25) is 0 Å². The van der Waals surface area contributed by atoms with Gasteiger partial charge in [-0.1, -0.05) is 36.8 Å². The number of hydrogen-bond donors (Lipinski definition) is 1. The molecule has 17 heavy (non-hydrogen) atoms. The van der Waals surface area contributed by atoms with Crippen molar-refractivity contribution in [1.29, 1.82) is 0 Å². The van der Waals surface area contributed by atoms with Crippen molar-refractivity contribution in [2.24, 2.45) is 5.92 Å². The zero-order chi connectivity index (χ0) is 12.5. The van der Waals surface area contributed by atoms with E-state index in [9.17, 15) is 0 Å². The lowest BCUT2D eigenvalue weighted by atomic mass is 9.96. The monoisotopic (exact) mass is 251 g/mol. The Bertz CT molecular complexity index is 312. The van der Waals surface area contributed by atoms with Crippen molar-refractivity contribution in [3.8, 4) is 0 Å². The fraction of sp³-hybridized carbons (Fsp3) is 0.600. The molecule has 0 fully saturated rings. The molecule has 0 heterocycles. The van der Waals surface area contributed by atoms with Crippen molar-refractivity contribution in [3.05, 3.63) is 35.4 Å². The van der Waals surface area contributed by atoms with Crippen molar-refractivity contribution in [3.63, 3.8) is 0 Å². The number of nitrogens with one attached hydrogen (secondary N) is 1. The smallest absolute Gasteiger partial charge is 0.00200 e. The summed E-state index contributed by atoms with van der Waals surface area (Å²) in [6, 6.07) is 8.91. The molecule has 2 heteroatoms. The first kappa shape index (κ1) is 14.6. The third-order valence-electron chi connectivity index (χ3n) is 2.97. The van der Waals surface area contributed by atoms with Gasteiger partial charge in [0, 0.05) is 0 Å².